The molecule has 7 nitrogen and oxygen atoms in total. The first kappa shape index (κ1) is 18.0. The zero-order valence-electron chi connectivity index (χ0n) is 15.5. The van der Waals surface area contributed by atoms with E-state index in [0.717, 1.165) is 24.5 Å². The van der Waals surface area contributed by atoms with Gasteiger partial charge in [-0.05, 0) is 30.7 Å². The van der Waals surface area contributed by atoms with Gasteiger partial charge in [0.2, 0.25) is 5.89 Å². The van der Waals surface area contributed by atoms with Crippen molar-refractivity contribution in [1.29, 1.82) is 0 Å². The van der Waals surface area contributed by atoms with Gasteiger partial charge in [-0.25, -0.2) is 4.79 Å². The van der Waals surface area contributed by atoms with E-state index in [9.17, 15) is 4.79 Å². The van der Waals surface area contributed by atoms with Gasteiger partial charge in [0.25, 0.3) is 0 Å². The largest absolute Gasteiger partial charge is 0.381 e. The van der Waals surface area contributed by atoms with E-state index in [1.54, 1.807) is 0 Å². The Morgan fingerprint density at radius 2 is 2.11 bits per heavy atom. The molecule has 0 radical (unpaired) electrons. The van der Waals surface area contributed by atoms with Crippen molar-refractivity contribution in [1.82, 2.24) is 20.4 Å². The van der Waals surface area contributed by atoms with E-state index >= 15 is 0 Å². The molecular formula is C20H26N4O3. The van der Waals surface area contributed by atoms with Crippen LogP contribution in [0, 0.1) is 5.92 Å². The number of nitrogens with one attached hydrogen (secondary N) is 1. The van der Waals surface area contributed by atoms with Crippen LogP contribution >= 0.6 is 0 Å². The minimum Gasteiger partial charge on any atom is -0.381 e. The van der Waals surface area contributed by atoms with Crippen LogP contribution in [-0.4, -0.2) is 47.4 Å². The number of nitrogens with zero attached hydrogens (tertiary/aromatic N) is 3. The molecular weight excluding hydrogens is 344 g/mol. The fourth-order valence-corrected chi connectivity index (χ4v) is 3.26. The van der Waals surface area contributed by atoms with Crippen molar-refractivity contribution in [3.05, 3.63) is 47.6 Å². The lowest BCUT2D eigenvalue weighted by Gasteiger charge is -2.16. The second kappa shape index (κ2) is 8.52. The fraction of sp³-hybridized carbons (Fsp3) is 0.550. The minimum absolute atomic E-state index is 0.0467. The highest BCUT2D eigenvalue weighted by molar-refractivity contribution is 5.74. The first-order valence-electron chi connectivity index (χ1n) is 9.75. The average molecular weight is 370 g/mol. The van der Waals surface area contributed by atoms with Crippen molar-refractivity contribution in [2.45, 2.75) is 38.1 Å². The maximum Gasteiger partial charge on any atom is 0.317 e. The molecule has 1 aromatic heterocycles. The lowest BCUT2D eigenvalue weighted by molar-refractivity contribution is 0.125. The maximum atomic E-state index is 12.4. The number of carbonyl (C=O) groups is 1. The number of likely N-dealkylation sites (tertiary alicyclic amines) is 1. The monoisotopic (exact) mass is 370 g/mol. The van der Waals surface area contributed by atoms with Gasteiger partial charge in [-0.3, -0.25) is 0 Å². The smallest absolute Gasteiger partial charge is 0.317 e. The van der Waals surface area contributed by atoms with Crippen molar-refractivity contribution < 1.29 is 14.1 Å². The minimum atomic E-state index is -0.0467. The van der Waals surface area contributed by atoms with Crippen LogP contribution in [0.4, 0.5) is 4.79 Å². The number of aromatic nitrogens is 2. The van der Waals surface area contributed by atoms with E-state index in [1.807, 2.05) is 35.2 Å². The van der Waals surface area contributed by atoms with E-state index in [1.165, 1.54) is 12.8 Å². The van der Waals surface area contributed by atoms with Crippen molar-refractivity contribution in [2.75, 3.05) is 26.3 Å². The molecule has 144 valence electrons. The Bertz CT molecular complexity index is 745. The Morgan fingerprint density at radius 1 is 1.26 bits per heavy atom. The molecule has 2 heterocycles. The van der Waals surface area contributed by atoms with Gasteiger partial charge >= 0.3 is 6.03 Å². The molecule has 1 saturated carbocycles. The molecule has 2 fully saturated rings. The average Bonchev–Trinajstić information content (AvgIpc) is 3.19. The number of hydrogen-bond acceptors (Lipinski definition) is 5. The van der Waals surface area contributed by atoms with Gasteiger partial charge in [0.15, 0.2) is 5.82 Å². The Kier molecular flexibility index (Phi) is 5.67. The van der Waals surface area contributed by atoms with Crippen LogP contribution in [0.1, 0.15) is 42.5 Å². The van der Waals surface area contributed by atoms with E-state index in [2.05, 4.69) is 15.5 Å². The summed E-state index contributed by atoms with van der Waals surface area (Å²) in [5, 5.41) is 7.02. The second-order valence-corrected chi connectivity index (χ2v) is 7.39. The normalized spacial score (nSPS) is 19.4. The third kappa shape index (κ3) is 5.07. The molecule has 1 aromatic carbocycles. The van der Waals surface area contributed by atoms with Crippen LogP contribution in [0.3, 0.4) is 0 Å². The SMILES string of the molecule is O=C(NCc1ccccc1)N1CCC(c2nc(CCOCC3CC3)no2)C1. The van der Waals surface area contributed by atoms with Crippen LogP contribution in [0.15, 0.2) is 34.9 Å². The van der Waals surface area contributed by atoms with Crippen LogP contribution in [-0.2, 0) is 17.7 Å². The van der Waals surface area contributed by atoms with Crippen molar-refractivity contribution in [3.8, 4) is 0 Å². The highest BCUT2D eigenvalue weighted by Gasteiger charge is 2.31. The first-order chi connectivity index (χ1) is 13.3. The standard InChI is InChI=1S/C20H26N4O3/c25-20(21-12-15-4-2-1-3-5-15)24-10-8-17(13-24)19-22-18(23-27-19)9-11-26-14-16-6-7-16/h1-5,16-17H,6-14H2,(H,21,25). The summed E-state index contributed by atoms with van der Waals surface area (Å²) in [6.45, 7) is 3.33. The van der Waals surface area contributed by atoms with Crippen LogP contribution < -0.4 is 5.32 Å². The van der Waals surface area contributed by atoms with Gasteiger partial charge in [-0.1, -0.05) is 35.5 Å². The van der Waals surface area contributed by atoms with Gasteiger partial charge in [-0.2, -0.15) is 4.98 Å². The maximum absolute atomic E-state index is 12.4. The molecule has 1 aliphatic heterocycles. The quantitative estimate of drug-likeness (QED) is 0.723. The van der Waals surface area contributed by atoms with Crippen LogP contribution in [0.5, 0.6) is 0 Å². The highest BCUT2D eigenvalue weighted by atomic mass is 16.5. The van der Waals surface area contributed by atoms with Crippen LogP contribution in [0.25, 0.3) is 0 Å². The number of carbonyl (C=O) groups excluding carboxylic acids is 1. The van der Waals surface area contributed by atoms with E-state index in [0.29, 0.717) is 44.4 Å². The Balaban J connectivity index is 1.21. The van der Waals surface area contributed by atoms with Gasteiger partial charge in [0.1, 0.15) is 0 Å². The fourth-order valence-electron chi connectivity index (χ4n) is 3.26. The predicted octanol–water partition coefficient (Wildman–Crippen LogP) is 2.74. The van der Waals surface area contributed by atoms with Crippen molar-refractivity contribution in [2.24, 2.45) is 5.92 Å². The summed E-state index contributed by atoms with van der Waals surface area (Å²) in [7, 11) is 0. The first-order valence-corrected chi connectivity index (χ1v) is 9.75. The Labute approximate surface area is 159 Å². The second-order valence-electron chi connectivity index (χ2n) is 7.39. The molecule has 4 rings (SSSR count). The van der Waals surface area contributed by atoms with Gasteiger partial charge < -0.3 is 19.5 Å². The highest BCUT2D eigenvalue weighted by Crippen LogP contribution is 2.29. The topological polar surface area (TPSA) is 80.5 Å². The molecule has 0 bridgehead atoms. The summed E-state index contributed by atoms with van der Waals surface area (Å²) in [5.41, 5.74) is 1.09. The molecule has 1 aliphatic carbocycles. The third-order valence-corrected chi connectivity index (χ3v) is 5.12. The number of rotatable bonds is 8. The Morgan fingerprint density at radius 3 is 2.93 bits per heavy atom. The number of urea groups is 1. The lowest BCUT2D eigenvalue weighted by Crippen LogP contribution is -2.37. The number of amides is 2. The zero-order valence-corrected chi connectivity index (χ0v) is 15.5. The van der Waals surface area contributed by atoms with Crippen molar-refractivity contribution in [3.63, 3.8) is 0 Å². The number of hydrogen-bond donors (Lipinski definition) is 1. The van der Waals surface area contributed by atoms with Crippen molar-refractivity contribution >= 4 is 6.03 Å². The summed E-state index contributed by atoms with van der Waals surface area (Å²) < 4.78 is 11.0. The summed E-state index contributed by atoms with van der Waals surface area (Å²) in [6, 6.07) is 9.86. The molecule has 2 aliphatic rings. The predicted molar refractivity (Wildman–Crippen MR) is 99.2 cm³/mol. The molecule has 1 unspecified atom stereocenters. The zero-order chi connectivity index (χ0) is 18.5. The van der Waals surface area contributed by atoms with Gasteiger partial charge in [-0.15, -0.1) is 0 Å². The van der Waals surface area contributed by atoms with E-state index < -0.39 is 0 Å². The van der Waals surface area contributed by atoms with Gasteiger partial charge in [0, 0.05) is 32.7 Å². The molecule has 2 amide bonds. The summed E-state index contributed by atoms with van der Waals surface area (Å²) in [6.07, 6.45) is 4.11. The summed E-state index contributed by atoms with van der Waals surface area (Å²) >= 11 is 0. The summed E-state index contributed by atoms with van der Waals surface area (Å²) in [5.74, 6) is 2.20. The van der Waals surface area contributed by atoms with Crippen LogP contribution in [0.2, 0.25) is 0 Å². The Hall–Kier alpha value is -2.41. The number of benzene rings is 1. The molecule has 7 heteroatoms. The molecule has 1 saturated heterocycles. The van der Waals surface area contributed by atoms with E-state index in [-0.39, 0.29) is 11.9 Å². The van der Waals surface area contributed by atoms with Gasteiger partial charge in [0.05, 0.1) is 12.5 Å². The molecule has 0 spiro atoms. The molecule has 1 atom stereocenters. The lowest BCUT2D eigenvalue weighted by atomic mass is 10.1. The summed E-state index contributed by atoms with van der Waals surface area (Å²) in [4.78, 5) is 18.7. The molecule has 2 aromatic rings. The molecule has 1 N–H and O–H groups in total. The number of ether oxygens (including phenoxy) is 1. The van der Waals surface area contributed by atoms with E-state index in [4.69, 9.17) is 9.26 Å². The third-order valence-electron chi connectivity index (χ3n) is 5.12. The molecule has 27 heavy (non-hydrogen) atoms.